The lowest BCUT2D eigenvalue weighted by molar-refractivity contribution is -0.139. The van der Waals surface area contributed by atoms with Gasteiger partial charge >= 0.3 is 0 Å². The summed E-state index contributed by atoms with van der Waals surface area (Å²) in [7, 11) is 0. The fourth-order valence-electron chi connectivity index (χ4n) is 1.41. The van der Waals surface area contributed by atoms with Crippen molar-refractivity contribution in [1.29, 1.82) is 0 Å². The van der Waals surface area contributed by atoms with Crippen molar-refractivity contribution < 1.29 is 14.7 Å². The van der Waals surface area contributed by atoms with Crippen LogP contribution in [0.25, 0.3) is 0 Å². The quantitative estimate of drug-likeness (QED) is 0.729. The number of nitrogens with zero attached hydrogens (tertiary/aromatic N) is 1. The van der Waals surface area contributed by atoms with Crippen LogP contribution in [0.3, 0.4) is 0 Å². The van der Waals surface area contributed by atoms with Crippen molar-refractivity contribution in [3.8, 4) is 0 Å². The van der Waals surface area contributed by atoms with E-state index in [-0.39, 0.29) is 6.54 Å². The molecule has 0 bridgehead atoms. The van der Waals surface area contributed by atoms with Gasteiger partial charge in [-0.15, -0.1) is 0 Å². The van der Waals surface area contributed by atoms with Gasteiger partial charge in [0.25, 0.3) is 11.8 Å². The van der Waals surface area contributed by atoms with E-state index >= 15 is 0 Å². The van der Waals surface area contributed by atoms with Crippen LogP contribution in [0.5, 0.6) is 0 Å². The van der Waals surface area contributed by atoms with Gasteiger partial charge in [0, 0.05) is 0 Å². The Morgan fingerprint density at radius 1 is 1.13 bits per heavy atom. The molecule has 2 rings (SSSR count). The number of hydrogen-bond acceptors (Lipinski definition) is 3. The molecular weight excluding hydrogens is 194 g/mol. The van der Waals surface area contributed by atoms with Gasteiger partial charge in [0.05, 0.1) is 12.6 Å². The first kappa shape index (κ1) is 9.45. The van der Waals surface area contributed by atoms with Crippen molar-refractivity contribution in [3.63, 3.8) is 0 Å². The first-order chi connectivity index (χ1) is 7.18. The molecule has 0 unspecified atom stereocenters. The second-order valence-electron chi connectivity index (χ2n) is 3.24. The average molecular weight is 203 g/mol. The molecule has 0 aliphatic carbocycles. The molecule has 0 spiro atoms. The third kappa shape index (κ3) is 1.74. The number of rotatable bonds is 2. The number of carbonyl (C=O) groups excluding carboxylic acids is 2. The number of carbonyl (C=O) groups is 2. The molecule has 0 atom stereocenters. The monoisotopic (exact) mass is 203 g/mol. The van der Waals surface area contributed by atoms with Gasteiger partial charge in [0.1, 0.15) is 0 Å². The maximum atomic E-state index is 11.3. The summed E-state index contributed by atoms with van der Waals surface area (Å²) in [4.78, 5) is 23.6. The van der Waals surface area contributed by atoms with Gasteiger partial charge in [-0.25, -0.2) is 0 Å². The second kappa shape index (κ2) is 3.57. The summed E-state index contributed by atoms with van der Waals surface area (Å²) in [5.74, 6) is -1.60. The summed E-state index contributed by atoms with van der Waals surface area (Å²) in [6, 6.07) is 9.14. The van der Waals surface area contributed by atoms with Gasteiger partial charge in [-0.2, -0.15) is 0 Å². The largest absolute Gasteiger partial charge is 0.503 e. The predicted molar refractivity (Wildman–Crippen MR) is 52.7 cm³/mol. The lowest BCUT2D eigenvalue weighted by Crippen LogP contribution is -2.30. The molecule has 0 saturated carbocycles. The summed E-state index contributed by atoms with van der Waals surface area (Å²) >= 11 is 0. The first-order valence-electron chi connectivity index (χ1n) is 4.49. The first-order valence-corrected chi connectivity index (χ1v) is 4.49. The predicted octanol–water partition coefficient (Wildman–Crippen LogP) is 0.997. The topological polar surface area (TPSA) is 57.6 Å². The number of amides is 2. The van der Waals surface area contributed by atoms with Crippen LogP contribution in [0.15, 0.2) is 42.2 Å². The fourth-order valence-corrected chi connectivity index (χ4v) is 1.41. The van der Waals surface area contributed by atoms with Crippen LogP contribution in [0.4, 0.5) is 0 Å². The van der Waals surface area contributed by atoms with Gasteiger partial charge in [-0.1, -0.05) is 30.3 Å². The van der Waals surface area contributed by atoms with E-state index in [9.17, 15) is 9.59 Å². The summed E-state index contributed by atoms with van der Waals surface area (Å²) < 4.78 is 0. The number of aliphatic hydroxyl groups is 1. The molecule has 1 heterocycles. The van der Waals surface area contributed by atoms with Crippen molar-refractivity contribution in [2.45, 2.75) is 6.54 Å². The highest BCUT2D eigenvalue weighted by Gasteiger charge is 2.30. The summed E-state index contributed by atoms with van der Waals surface area (Å²) in [5.41, 5.74) is 0.849. The fraction of sp³-hybridized carbons (Fsp3) is 0.0909. The minimum atomic E-state index is -0.635. The van der Waals surface area contributed by atoms with Crippen LogP contribution in [0.1, 0.15) is 5.56 Å². The van der Waals surface area contributed by atoms with Gasteiger partial charge in [-0.05, 0) is 5.56 Å². The minimum Gasteiger partial charge on any atom is -0.503 e. The van der Waals surface area contributed by atoms with E-state index < -0.39 is 17.6 Å². The van der Waals surface area contributed by atoms with Crippen molar-refractivity contribution >= 4 is 11.8 Å². The lowest BCUT2D eigenvalue weighted by atomic mass is 10.2. The number of imide groups is 1. The van der Waals surface area contributed by atoms with Gasteiger partial charge in [0.15, 0.2) is 5.76 Å². The van der Waals surface area contributed by atoms with Crippen molar-refractivity contribution in [1.82, 2.24) is 4.90 Å². The van der Waals surface area contributed by atoms with Crippen LogP contribution in [-0.4, -0.2) is 21.8 Å². The molecule has 1 N–H and O–H groups in total. The molecule has 0 saturated heterocycles. The Morgan fingerprint density at radius 3 is 2.33 bits per heavy atom. The highest BCUT2D eigenvalue weighted by atomic mass is 16.3. The standard InChI is InChI=1S/C11H9NO3/c13-9-6-10(14)12(11(9)15)7-8-4-2-1-3-5-8/h1-6,13H,7H2. The van der Waals surface area contributed by atoms with E-state index in [1.807, 2.05) is 30.3 Å². The molecule has 1 aliphatic heterocycles. The average Bonchev–Trinajstić information content (AvgIpc) is 2.47. The minimum absolute atomic E-state index is 0.194. The molecule has 4 nitrogen and oxygen atoms in total. The van der Waals surface area contributed by atoms with E-state index in [1.165, 1.54) is 0 Å². The van der Waals surface area contributed by atoms with Gasteiger partial charge < -0.3 is 5.11 Å². The zero-order chi connectivity index (χ0) is 10.8. The Kier molecular flexibility index (Phi) is 2.25. The molecule has 1 aromatic carbocycles. The molecule has 0 radical (unpaired) electrons. The molecule has 1 aromatic rings. The van der Waals surface area contributed by atoms with Crippen LogP contribution in [-0.2, 0) is 16.1 Å². The van der Waals surface area contributed by atoms with Gasteiger partial charge in [-0.3, -0.25) is 14.5 Å². The number of benzene rings is 1. The van der Waals surface area contributed by atoms with E-state index in [2.05, 4.69) is 0 Å². The molecule has 0 fully saturated rings. The summed E-state index contributed by atoms with van der Waals surface area (Å²) in [6.07, 6.45) is 0.936. The number of aliphatic hydroxyl groups excluding tert-OH is 1. The normalized spacial score (nSPS) is 15.7. The SMILES string of the molecule is O=C1C=C(O)C(=O)N1Cc1ccccc1. The zero-order valence-corrected chi connectivity index (χ0v) is 7.88. The lowest BCUT2D eigenvalue weighted by Gasteiger charge is -2.13. The molecule has 76 valence electrons. The van der Waals surface area contributed by atoms with Crippen molar-refractivity contribution in [2.24, 2.45) is 0 Å². The third-order valence-corrected chi connectivity index (χ3v) is 2.17. The highest BCUT2D eigenvalue weighted by Crippen LogP contribution is 2.13. The second-order valence-corrected chi connectivity index (χ2v) is 3.24. The third-order valence-electron chi connectivity index (χ3n) is 2.17. The maximum Gasteiger partial charge on any atom is 0.296 e. The van der Waals surface area contributed by atoms with Crippen LogP contribution in [0.2, 0.25) is 0 Å². The highest BCUT2D eigenvalue weighted by molar-refractivity contribution is 6.14. The van der Waals surface area contributed by atoms with E-state index in [1.54, 1.807) is 0 Å². The molecule has 1 aliphatic rings. The van der Waals surface area contributed by atoms with Crippen LogP contribution < -0.4 is 0 Å². The van der Waals surface area contributed by atoms with E-state index in [4.69, 9.17) is 5.11 Å². The molecule has 4 heteroatoms. The molecule has 0 aromatic heterocycles. The van der Waals surface area contributed by atoms with E-state index in [0.717, 1.165) is 16.5 Å². The number of hydrogen-bond donors (Lipinski definition) is 1. The van der Waals surface area contributed by atoms with Crippen LogP contribution in [0, 0.1) is 0 Å². The maximum absolute atomic E-state index is 11.3. The Morgan fingerprint density at radius 2 is 1.80 bits per heavy atom. The Hall–Kier alpha value is -2.10. The Bertz CT molecular complexity index is 436. The molecule has 2 amide bonds. The zero-order valence-electron chi connectivity index (χ0n) is 7.88. The van der Waals surface area contributed by atoms with Gasteiger partial charge in [0.2, 0.25) is 0 Å². The smallest absolute Gasteiger partial charge is 0.296 e. The molecular formula is C11H9NO3. The van der Waals surface area contributed by atoms with Crippen LogP contribution >= 0.6 is 0 Å². The summed E-state index contributed by atoms with van der Waals surface area (Å²) in [5, 5.41) is 9.07. The van der Waals surface area contributed by atoms with E-state index in [0.29, 0.717) is 0 Å². The Labute approximate surface area is 86.4 Å². The van der Waals surface area contributed by atoms with Crippen molar-refractivity contribution in [2.75, 3.05) is 0 Å². The summed E-state index contributed by atoms with van der Waals surface area (Å²) in [6.45, 7) is 0.194. The Balaban J connectivity index is 2.15. The molecule has 15 heavy (non-hydrogen) atoms. The van der Waals surface area contributed by atoms with Crippen molar-refractivity contribution in [3.05, 3.63) is 47.7 Å².